The smallest absolute Gasteiger partial charge is 0.240 e. The van der Waals surface area contributed by atoms with Crippen molar-refractivity contribution in [2.24, 2.45) is 11.8 Å². The first-order chi connectivity index (χ1) is 13.1. The molecule has 2 amide bonds. The summed E-state index contributed by atoms with van der Waals surface area (Å²) in [4.78, 5) is 29.3. The van der Waals surface area contributed by atoms with Gasteiger partial charge in [0.15, 0.2) is 0 Å². The minimum Gasteiger partial charge on any atom is -0.353 e. The summed E-state index contributed by atoms with van der Waals surface area (Å²) in [5.41, 5.74) is 2.26. The topological polar surface area (TPSA) is 64.4 Å². The molecule has 3 heterocycles. The Morgan fingerprint density at radius 1 is 0.963 bits per heavy atom. The summed E-state index contributed by atoms with van der Waals surface area (Å²) >= 11 is 0. The summed E-state index contributed by atoms with van der Waals surface area (Å²) in [6, 6.07) is 14.1. The van der Waals surface area contributed by atoms with Crippen LogP contribution in [0.1, 0.15) is 17.2 Å². The van der Waals surface area contributed by atoms with Crippen LogP contribution in [0.3, 0.4) is 0 Å². The number of amides is 2. The van der Waals surface area contributed by atoms with Gasteiger partial charge in [-0.3, -0.25) is 9.59 Å². The Balaban J connectivity index is 1.63. The van der Waals surface area contributed by atoms with Gasteiger partial charge in [-0.15, -0.1) is 0 Å². The molecule has 0 saturated carbocycles. The van der Waals surface area contributed by atoms with E-state index in [4.69, 9.17) is 0 Å². The molecule has 0 bridgehead atoms. The molecule has 2 saturated heterocycles. The van der Waals surface area contributed by atoms with Crippen LogP contribution in [0.2, 0.25) is 0 Å². The van der Waals surface area contributed by atoms with E-state index in [9.17, 15) is 19.2 Å². The first-order valence-electron chi connectivity index (χ1n) is 8.69. The third kappa shape index (κ3) is 2.02. The van der Waals surface area contributed by atoms with Gasteiger partial charge >= 0.3 is 0 Å². The quantitative estimate of drug-likeness (QED) is 0.735. The van der Waals surface area contributed by atoms with E-state index in [1.807, 2.05) is 41.4 Å². The van der Waals surface area contributed by atoms with E-state index in [2.05, 4.69) is 6.07 Å². The summed E-state index contributed by atoms with van der Waals surface area (Å²) < 4.78 is 13.3. The van der Waals surface area contributed by atoms with E-state index in [1.165, 1.54) is 24.3 Å². The molecule has 3 aliphatic heterocycles. The molecule has 2 fully saturated rings. The van der Waals surface area contributed by atoms with Crippen LogP contribution in [0.5, 0.6) is 0 Å². The fraction of sp³-hybridized carbons (Fsp3) is 0.190. The van der Waals surface area contributed by atoms with Crippen molar-refractivity contribution in [2.45, 2.75) is 12.1 Å². The molecule has 0 unspecified atom stereocenters. The third-order valence-electron chi connectivity index (χ3n) is 5.68. The number of nitriles is 1. The molecular weight excluding hydrogens is 345 g/mol. The van der Waals surface area contributed by atoms with Crippen LogP contribution in [0.25, 0.3) is 6.08 Å². The molecule has 0 N–H and O–H groups in total. The summed E-state index contributed by atoms with van der Waals surface area (Å²) in [6.07, 6.45) is 3.71. The number of benzene rings is 2. The Labute approximate surface area is 154 Å². The van der Waals surface area contributed by atoms with Crippen molar-refractivity contribution in [1.29, 1.82) is 5.26 Å². The highest BCUT2D eigenvalue weighted by atomic mass is 19.1. The van der Waals surface area contributed by atoms with Gasteiger partial charge in [-0.1, -0.05) is 24.3 Å². The number of hydrogen-bond acceptors (Lipinski definition) is 4. The summed E-state index contributed by atoms with van der Waals surface area (Å²) in [5.74, 6) is -2.56. The fourth-order valence-electron chi connectivity index (χ4n) is 4.55. The normalized spacial score (nSPS) is 28.0. The van der Waals surface area contributed by atoms with Crippen LogP contribution in [-0.2, 0) is 9.59 Å². The van der Waals surface area contributed by atoms with Crippen LogP contribution >= 0.6 is 0 Å². The van der Waals surface area contributed by atoms with Gasteiger partial charge in [-0.05, 0) is 41.5 Å². The maximum atomic E-state index is 13.3. The van der Waals surface area contributed by atoms with E-state index in [0.29, 0.717) is 5.69 Å². The molecule has 27 heavy (non-hydrogen) atoms. The average Bonchev–Trinajstić information content (AvgIpc) is 3.15. The number of anilines is 1. The lowest BCUT2D eigenvalue weighted by molar-refractivity contribution is -0.123. The lowest BCUT2D eigenvalue weighted by Gasteiger charge is -2.33. The standard InChI is InChI=1S/C21H14FN3O2/c22-13-5-7-14(8-6-13)25-20(26)17-16(11-23)24-10-9-12-3-1-2-4-15(12)19(24)18(17)21(25)27/h1-10,16-19H/t16-,17+,18+,19+/m1/s1. The molecule has 5 rings (SSSR count). The molecule has 3 aliphatic rings. The van der Waals surface area contributed by atoms with Gasteiger partial charge in [-0.25, -0.2) is 9.29 Å². The molecule has 2 aromatic carbocycles. The van der Waals surface area contributed by atoms with E-state index in [-0.39, 0.29) is 11.9 Å². The van der Waals surface area contributed by atoms with E-state index >= 15 is 0 Å². The minimum absolute atomic E-state index is 0.337. The Morgan fingerprint density at radius 3 is 2.41 bits per heavy atom. The number of halogens is 1. The second kappa shape index (κ2) is 5.52. The number of hydrogen-bond donors (Lipinski definition) is 0. The number of imide groups is 1. The highest BCUT2D eigenvalue weighted by Gasteiger charge is 2.63. The van der Waals surface area contributed by atoms with Crippen molar-refractivity contribution < 1.29 is 14.0 Å². The third-order valence-corrected chi connectivity index (χ3v) is 5.68. The van der Waals surface area contributed by atoms with Gasteiger partial charge in [-0.2, -0.15) is 5.26 Å². The molecule has 2 aromatic rings. The van der Waals surface area contributed by atoms with Crippen molar-refractivity contribution in [3.63, 3.8) is 0 Å². The molecule has 6 heteroatoms. The lowest BCUT2D eigenvalue weighted by atomic mass is 9.85. The van der Waals surface area contributed by atoms with Gasteiger partial charge < -0.3 is 4.90 Å². The summed E-state index contributed by atoms with van der Waals surface area (Å²) in [5, 5.41) is 9.74. The molecule has 0 spiro atoms. The van der Waals surface area contributed by atoms with E-state index < -0.39 is 29.6 Å². The molecule has 132 valence electrons. The largest absolute Gasteiger partial charge is 0.353 e. The molecular formula is C21H14FN3O2. The van der Waals surface area contributed by atoms with Crippen LogP contribution in [-0.4, -0.2) is 22.8 Å². The SMILES string of the molecule is N#C[C@@H]1[C@@H]2C(=O)N(c3ccc(F)cc3)C(=O)[C@@H]2[C@@H]2c3ccccc3C=CN12. The predicted molar refractivity (Wildman–Crippen MR) is 95.3 cm³/mol. The number of nitrogens with zero attached hydrogens (tertiary/aromatic N) is 3. The highest BCUT2D eigenvalue weighted by Crippen LogP contribution is 2.52. The zero-order chi connectivity index (χ0) is 18.7. The molecule has 0 aliphatic carbocycles. The zero-order valence-corrected chi connectivity index (χ0v) is 14.1. The van der Waals surface area contributed by atoms with Crippen molar-refractivity contribution in [3.8, 4) is 6.07 Å². The number of carbonyl (C=O) groups is 2. The maximum Gasteiger partial charge on any atom is 0.240 e. The van der Waals surface area contributed by atoms with E-state index in [1.54, 1.807) is 0 Å². The van der Waals surface area contributed by atoms with Gasteiger partial charge in [0, 0.05) is 6.20 Å². The van der Waals surface area contributed by atoms with Gasteiger partial charge in [0.1, 0.15) is 11.9 Å². The number of fused-ring (bicyclic) bond motifs is 5. The van der Waals surface area contributed by atoms with Gasteiger partial charge in [0.25, 0.3) is 0 Å². The van der Waals surface area contributed by atoms with Crippen LogP contribution in [0, 0.1) is 29.0 Å². The Kier molecular flexibility index (Phi) is 3.22. The van der Waals surface area contributed by atoms with Crippen LogP contribution in [0.4, 0.5) is 10.1 Å². The predicted octanol–water partition coefficient (Wildman–Crippen LogP) is 2.86. The monoisotopic (exact) mass is 359 g/mol. The summed E-state index contributed by atoms with van der Waals surface area (Å²) in [7, 11) is 0. The van der Waals surface area contributed by atoms with Gasteiger partial charge in [0.05, 0.1) is 29.6 Å². The molecule has 0 aromatic heterocycles. The molecule has 5 nitrogen and oxygen atoms in total. The Bertz CT molecular complexity index is 1040. The Morgan fingerprint density at radius 2 is 1.67 bits per heavy atom. The van der Waals surface area contributed by atoms with Crippen LogP contribution < -0.4 is 4.90 Å². The fourth-order valence-corrected chi connectivity index (χ4v) is 4.55. The number of rotatable bonds is 1. The van der Waals surface area contributed by atoms with Crippen LogP contribution in [0.15, 0.2) is 54.7 Å². The Hall–Kier alpha value is -3.46. The van der Waals surface area contributed by atoms with Crippen molar-refractivity contribution in [3.05, 3.63) is 71.7 Å². The summed E-state index contributed by atoms with van der Waals surface area (Å²) in [6.45, 7) is 0. The number of carbonyl (C=O) groups excluding carboxylic acids is 2. The first-order valence-corrected chi connectivity index (χ1v) is 8.69. The highest BCUT2D eigenvalue weighted by molar-refractivity contribution is 6.23. The minimum atomic E-state index is -0.742. The van der Waals surface area contributed by atoms with Crippen molar-refractivity contribution >= 4 is 23.6 Å². The zero-order valence-electron chi connectivity index (χ0n) is 14.1. The van der Waals surface area contributed by atoms with Crippen molar-refractivity contribution in [1.82, 2.24) is 4.90 Å². The maximum absolute atomic E-state index is 13.3. The average molecular weight is 359 g/mol. The van der Waals surface area contributed by atoms with Gasteiger partial charge in [0.2, 0.25) is 11.8 Å². The molecule has 4 atom stereocenters. The second-order valence-corrected chi connectivity index (χ2v) is 6.95. The second-order valence-electron chi connectivity index (χ2n) is 6.95. The lowest BCUT2D eigenvalue weighted by Crippen LogP contribution is -2.40. The first kappa shape index (κ1) is 15.8. The van der Waals surface area contributed by atoms with E-state index in [0.717, 1.165) is 16.0 Å². The van der Waals surface area contributed by atoms with Crippen molar-refractivity contribution in [2.75, 3.05) is 4.90 Å². The molecule has 0 radical (unpaired) electrons.